The van der Waals surface area contributed by atoms with Crippen LogP contribution in [0.2, 0.25) is 0 Å². The molecule has 1 fully saturated rings. The van der Waals surface area contributed by atoms with Crippen LogP contribution in [0.15, 0.2) is 18.2 Å². The Balaban J connectivity index is 1.98. The first-order valence-electron chi connectivity index (χ1n) is 7.46. The molecule has 2 rings (SSSR count). The maximum absolute atomic E-state index is 12.2. The molecule has 0 bridgehead atoms. The van der Waals surface area contributed by atoms with Crippen molar-refractivity contribution in [2.75, 3.05) is 25.0 Å². The summed E-state index contributed by atoms with van der Waals surface area (Å²) in [5, 5.41) is 3.07. The molecule has 0 radical (unpaired) electrons. The average Bonchev–Trinajstić information content (AvgIpc) is 2.41. The number of aryl methyl sites for hydroxylation is 2. The second-order valence-corrected chi connectivity index (χ2v) is 5.65. The fraction of sp³-hybridized carbons (Fsp3) is 0.562. The third-order valence-corrected chi connectivity index (χ3v) is 3.91. The molecule has 1 aliphatic heterocycles. The fourth-order valence-corrected chi connectivity index (χ4v) is 2.82. The Labute approximate surface area is 121 Å². The van der Waals surface area contributed by atoms with Crippen molar-refractivity contribution in [1.82, 2.24) is 4.90 Å². The number of amides is 1. The maximum Gasteiger partial charge on any atom is 0.238 e. The summed E-state index contributed by atoms with van der Waals surface area (Å²) < 4.78 is 0. The number of nitrogens with two attached hydrogens (primary N) is 1. The van der Waals surface area contributed by atoms with Crippen molar-refractivity contribution in [2.24, 2.45) is 5.73 Å². The molecular formula is C16H25N3O. The van der Waals surface area contributed by atoms with Gasteiger partial charge in [-0.15, -0.1) is 0 Å². The summed E-state index contributed by atoms with van der Waals surface area (Å²) in [5.41, 5.74) is 9.23. The van der Waals surface area contributed by atoms with E-state index in [-0.39, 0.29) is 11.9 Å². The molecule has 0 aromatic heterocycles. The standard InChI is InChI=1S/C16H25N3O/c1-3-13-7-4-6-12(2)16(13)18-15(20)11-19-9-5-8-14(17)10-19/h4,6-7,14H,3,5,8-11,17H2,1-2H3,(H,18,20)/t14-/m1/s1. The number of para-hydroxylation sites is 1. The van der Waals surface area contributed by atoms with Crippen LogP contribution < -0.4 is 11.1 Å². The molecule has 1 aromatic rings. The molecule has 20 heavy (non-hydrogen) atoms. The van der Waals surface area contributed by atoms with Gasteiger partial charge in [0.1, 0.15) is 0 Å². The summed E-state index contributed by atoms with van der Waals surface area (Å²) in [6, 6.07) is 6.35. The van der Waals surface area contributed by atoms with Crippen molar-refractivity contribution in [3.63, 3.8) is 0 Å². The van der Waals surface area contributed by atoms with Gasteiger partial charge in [0, 0.05) is 18.3 Å². The Bertz CT molecular complexity index is 473. The van der Waals surface area contributed by atoms with Crippen LogP contribution in [-0.4, -0.2) is 36.5 Å². The minimum Gasteiger partial charge on any atom is -0.327 e. The lowest BCUT2D eigenvalue weighted by Gasteiger charge is -2.30. The second-order valence-electron chi connectivity index (χ2n) is 5.65. The quantitative estimate of drug-likeness (QED) is 0.882. The van der Waals surface area contributed by atoms with Gasteiger partial charge in [0.15, 0.2) is 0 Å². The molecule has 0 unspecified atom stereocenters. The van der Waals surface area contributed by atoms with E-state index in [9.17, 15) is 4.79 Å². The number of hydrogen-bond acceptors (Lipinski definition) is 3. The van der Waals surface area contributed by atoms with Gasteiger partial charge in [0.05, 0.1) is 6.54 Å². The summed E-state index contributed by atoms with van der Waals surface area (Å²) in [7, 11) is 0. The third-order valence-electron chi connectivity index (χ3n) is 3.91. The molecule has 1 atom stereocenters. The summed E-state index contributed by atoms with van der Waals surface area (Å²) in [6.07, 6.45) is 3.07. The largest absolute Gasteiger partial charge is 0.327 e. The van der Waals surface area contributed by atoms with E-state index in [0.29, 0.717) is 6.54 Å². The van der Waals surface area contributed by atoms with E-state index in [1.807, 2.05) is 19.1 Å². The normalized spacial score (nSPS) is 19.9. The molecule has 1 amide bonds. The van der Waals surface area contributed by atoms with Gasteiger partial charge < -0.3 is 11.1 Å². The van der Waals surface area contributed by atoms with Gasteiger partial charge in [-0.3, -0.25) is 9.69 Å². The summed E-state index contributed by atoms with van der Waals surface area (Å²) in [4.78, 5) is 14.4. The van der Waals surface area contributed by atoms with Crippen molar-refractivity contribution in [1.29, 1.82) is 0 Å². The minimum atomic E-state index is 0.0584. The highest BCUT2D eigenvalue weighted by Crippen LogP contribution is 2.21. The van der Waals surface area contributed by atoms with E-state index in [2.05, 4.69) is 23.2 Å². The fourth-order valence-electron chi connectivity index (χ4n) is 2.82. The monoisotopic (exact) mass is 275 g/mol. The van der Waals surface area contributed by atoms with Crippen molar-refractivity contribution in [2.45, 2.75) is 39.2 Å². The van der Waals surface area contributed by atoms with Crippen molar-refractivity contribution in [3.05, 3.63) is 29.3 Å². The van der Waals surface area contributed by atoms with Crippen LogP contribution in [0.3, 0.4) is 0 Å². The van der Waals surface area contributed by atoms with Crippen LogP contribution >= 0.6 is 0 Å². The highest BCUT2D eigenvalue weighted by molar-refractivity contribution is 5.93. The lowest BCUT2D eigenvalue weighted by molar-refractivity contribution is -0.117. The number of nitrogens with zero attached hydrogens (tertiary/aromatic N) is 1. The summed E-state index contributed by atoms with van der Waals surface area (Å²) in [6.45, 7) is 6.36. The highest BCUT2D eigenvalue weighted by Gasteiger charge is 2.19. The first-order valence-corrected chi connectivity index (χ1v) is 7.46. The zero-order chi connectivity index (χ0) is 14.5. The number of benzene rings is 1. The van der Waals surface area contributed by atoms with Crippen molar-refractivity contribution in [3.8, 4) is 0 Å². The van der Waals surface area contributed by atoms with Crippen LogP contribution in [0, 0.1) is 6.92 Å². The van der Waals surface area contributed by atoms with Gasteiger partial charge in [-0.25, -0.2) is 0 Å². The molecule has 0 spiro atoms. The Morgan fingerprint density at radius 3 is 3.00 bits per heavy atom. The van der Waals surface area contributed by atoms with Gasteiger partial charge in [0.25, 0.3) is 0 Å². The van der Waals surface area contributed by atoms with Crippen LogP contribution in [0.5, 0.6) is 0 Å². The first kappa shape index (κ1) is 15.0. The van der Waals surface area contributed by atoms with E-state index in [1.165, 1.54) is 5.56 Å². The van der Waals surface area contributed by atoms with Crippen LogP contribution in [0.25, 0.3) is 0 Å². The van der Waals surface area contributed by atoms with Gasteiger partial charge >= 0.3 is 0 Å². The van der Waals surface area contributed by atoms with E-state index in [4.69, 9.17) is 5.73 Å². The van der Waals surface area contributed by atoms with E-state index in [0.717, 1.165) is 43.6 Å². The third kappa shape index (κ3) is 3.81. The molecule has 1 aromatic carbocycles. The number of carbonyl (C=O) groups is 1. The number of anilines is 1. The molecule has 4 nitrogen and oxygen atoms in total. The summed E-state index contributed by atoms with van der Waals surface area (Å²) in [5.74, 6) is 0.0584. The maximum atomic E-state index is 12.2. The first-order chi connectivity index (χ1) is 9.60. The van der Waals surface area contributed by atoms with Crippen LogP contribution in [0.4, 0.5) is 5.69 Å². The Hall–Kier alpha value is -1.39. The average molecular weight is 275 g/mol. The lowest BCUT2D eigenvalue weighted by atomic mass is 10.1. The van der Waals surface area contributed by atoms with Crippen LogP contribution in [-0.2, 0) is 11.2 Å². The zero-order valence-corrected chi connectivity index (χ0v) is 12.5. The number of piperidine rings is 1. The number of nitrogens with one attached hydrogen (secondary N) is 1. The molecule has 1 aliphatic rings. The molecule has 110 valence electrons. The molecule has 0 aliphatic carbocycles. The van der Waals surface area contributed by atoms with Gasteiger partial charge in [-0.05, 0) is 43.9 Å². The SMILES string of the molecule is CCc1cccc(C)c1NC(=O)CN1CCC[C@@H](N)C1. The molecular weight excluding hydrogens is 250 g/mol. The van der Waals surface area contributed by atoms with Crippen LogP contribution in [0.1, 0.15) is 30.9 Å². The number of rotatable bonds is 4. The smallest absolute Gasteiger partial charge is 0.238 e. The topological polar surface area (TPSA) is 58.4 Å². The Morgan fingerprint density at radius 1 is 1.50 bits per heavy atom. The van der Waals surface area contributed by atoms with E-state index >= 15 is 0 Å². The number of hydrogen-bond donors (Lipinski definition) is 2. The van der Waals surface area contributed by atoms with E-state index in [1.54, 1.807) is 0 Å². The van der Waals surface area contributed by atoms with Gasteiger partial charge in [0.2, 0.25) is 5.91 Å². The minimum absolute atomic E-state index is 0.0584. The second kappa shape index (κ2) is 6.86. The molecule has 4 heteroatoms. The number of likely N-dealkylation sites (tertiary alicyclic amines) is 1. The Kier molecular flexibility index (Phi) is 5.15. The number of carbonyl (C=O) groups excluding carboxylic acids is 1. The summed E-state index contributed by atoms with van der Waals surface area (Å²) >= 11 is 0. The van der Waals surface area contributed by atoms with E-state index < -0.39 is 0 Å². The predicted octanol–water partition coefficient (Wildman–Crippen LogP) is 1.92. The van der Waals surface area contributed by atoms with Crippen molar-refractivity contribution < 1.29 is 4.79 Å². The molecule has 1 heterocycles. The van der Waals surface area contributed by atoms with Crippen molar-refractivity contribution >= 4 is 11.6 Å². The zero-order valence-electron chi connectivity index (χ0n) is 12.5. The Morgan fingerprint density at radius 2 is 2.30 bits per heavy atom. The molecule has 1 saturated heterocycles. The lowest BCUT2D eigenvalue weighted by Crippen LogP contribution is -2.45. The van der Waals surface area contributed by atoms with Gasteiger partial charge in [-0.1, -0.05) is 25.1 Å². The predicted molar refractivity (Wildman–Crippen MR) is 82.8 cm³/mol. The van der Waals surface area contributed by atoms with Gasteiger partial charge in [-0.2, -0.15) is 0 Å². The highest BCUT2D eigenvalue weighted by atomic mass is 16.2. The molecule has 3 N–H and O–H groups in total. The molecule has 0 saturated carbocycles.